The zero-order valence-electron chi connectivity index (χ0n) is 18.1. The maximum absolute atomic E-state index is 12.1. The summed E-state index contributed by atoms with van der Waals surface area (Å²) in [5.41, 5.74) is 5.31. The minimum atomic E-state index is 0.158. The largest absolute Gasteiger partial charge is 0.361 e. The fourth-order valence-electron chi connectivity index (χ4n) is 4.95. The van der Waals surface area contributed by atoms with Gasteiger partial charge >= 0.3 is 0 Å². The second-order valence-electron chi connectivity index (χ2n) is 8.95. The summed E-state index contributed by atoms with van der Waals surface area (Å²) in [6, 6.07) is 8.92. The van der Waals surface area contributed by atoms with E-state index in [4.69, 9.17) is 4.52 Å². The van der Waals surface area contributed by atoms with Crippen LogP contribution in [0.4, 0.5) is 0 Å². The Kier molecular flexibility index (Phi) is 5.49. The zero-order chi connectivity index (χ0) is 20.6. The van der Waals surface area contributed by atoms with Gasteiger partial charge in [0.15, 0.2) is 0 Å². The molecule has 4 rings (SSSR count). The summed E-state index contributed by atoms with van der Waals surface area (Å²) in [6.45, 7) is 9.37. The van der Waals surface area contributed by atoms with Crippen molar-refractivity contribution in [1.29, 1.82) is 0 Å². The van der Waals surface area contributed by atoms with E-state index >= 15 is 0 Å². The van der Waals surface area contributed by atoms with Crippen molar-refractivity contribution < 1.29 is 9.32 Å². The van der Waals surface area contributed by atoms with Gasteiger partial charge in [-0.25, -0.2) is 0 Å². The molecule has 1 aromatic carbocycles. The lowest BCUT2D eigenvalue weighted by Gasteiger charge is -2.48. The summed E-state index contributed by atoms with van der Waals surface area (Å²) in [7, 11) is 3.66. The number of amides is 1. The van der Waals surface area contributed by atoms with Crippen LogP contribution in [0.25, 0.3) is 0 Å². The van der Waals surface area contributed by atoms with Crippen molar-refractivity contribution in [2.75, 3.05) is 40.3 Å². The predicted octanol–water partition coefficient (Wildman–Crippen LogP) is 2.73. The van der Waals surface area contributed by atoms with Crippen LogP contribution in [-0.2, 0) is 23.3 Å². The number of fused-ring (bicyclic) bond motifs is 2. The summed E-state index contributed by atoms with van der Waals surface area (Å²) >= 11 is 0. The van der Waals surface area contributed by atoms with Gasteiger partial charge in [0.2, 0.25) is 5.91 Å². The van der Waals surface area contributed by atoms with Crippen LogP contribution in [0.5, 0.6) is 0 Å². The Morgan fingerprint density at radius 2 is 1.90 bits per heavy atom. The van der Waals surface area contributed by atoms with Crippen LogP contribution < -0.4 is 0 Å². The number of piperidine rings is 1. The second kappa shape index (κ2) is 7.92. The zero-order valence-corrected chi connectivity index (χ0v) is 18.1. The quantitative estimate of drug-likeness (QED) is 0.795. The highest BCUT2D eigenvalue weighted by Gasteiger charge is 2.42. The minimum absolute atomic E-state index is 0.158. The molecule has 1 spiro atoms. The van der Waals surface area contributed by atoms with E-state index in [1.54, 1.807) is 4.90 Å². The van der Waals surface area contributed by atoms with Crippen LogP contribution >= 0.6 is 0 Å². The third-order valence-corrected chi connectivity index (χ3v) is 6.74. The molecule has 0 N–H and O–H groups in total. The summed E-state index contributed by atoms with van der Waals surface area (Å²) < 4.78 is 5.39. The molecule has 29 heavy (non-hydrogen) atoms. The van der Waals surface area contributed by atoms with Crippen LogP contribution in [0.2, 0.25) is 0 Å². The molecule has 0 unspecified atom stereocenters. The van der Waals surface area contributed by atoms with Crippen molar-refractivity contribution in [3.05, 3.63) is 52.4 Å². The molecule has 1 saturated heterocycles. The highest BCUT2D eigenvalue weighted by Crippen LogP contribution is 2.42. The Labute approximate surface area is 173 Å². The van der Waals surface area contributed by atoms with Gasteiger partial charge in [-0.1, -0.05) is 29.4 Å². The van der Waals surface area contributed by atoms with Crippen molar-refractivity contribution in [3.8, 4) is 0 Å². The standard InChI is InChI=1S/C23H32N4O2/c1-17-20(18(2)29-24-17)14-27-13-19-7-5-6-8-21(19)23(16-27)9-11-26(12-10-23)15-22(28)25(3)4/h5-8H,9-16H2,1-4H3. The van der Waals surface area contributed by atoms with Gasteiger partial charge in [0.1, 0.15) is 5.76 Å². The van der Waals surface area contributed by atoms with Gasteiger partial charge in [0.05, 0.1) is 12.2 Å². The van der Waals surface area contributed by atoms with E-state index in [2.05, 4.69) is 39.2 Å². The van der Waals surface area contributed by atoms with E-state index in [0.717, 1.165) is 57.0 Å². The van der Waals surface area contributed by atoms with E-state index in [9.17, 15) is 4.79 Å². The van der Waals surface area contributed by atoms with Crippen molar-refractivity contribution >= 4 is 5.91 Å². The highest BCUT2D eigenvalue weighted by molar-refractivity contribution is 5.77. The molecule has 0 bridgehead atoms. The first kappa shape index (κ1) is 20.1. The molecule has 1 aromatic heterocycles. The van der Waals surface area contributed by atoms with Gasteiger partial charge < -0.3 is 9.42 Å². The number of benzene rings is 1. The van der Waals surface area contributed by atoms with E-state index in [1.807, 2.05) is 27.9 Å². The molecule has 2 aromatic rings. The van der Waals surface area contributed by atoms with Crippen molar-refractivity contribution in [1.82, 2.24) is 19.9 Å². The number of aryl methyl sites for hydroxylation is 2. The Morgan fingerprint density at radius 3 is 2.55 bits per heavy atom. The number of carbonyl (C=O) groups excluding carboxylic acids is 1. The molecule has 1 amide bonds. The van der Waals surface area contributed by atoms with Gasteiger partial charge in [0.25, 0.3) is 0 Å². The van der Waals surface area contributed by atoms with Crippen molar-refractivity contribution in [2.45, 2.75) is 45.2 Å². The molecular formula is C23H32N4O2. The van der Waals surface area contributed by atoms with Crippen LogP contribution in [0.1, 0.15) is 41.0 Å². The molecule has 0 saturated carbocycles. The number of carbonyl (C=O) groups is 1. The monoisotopic (exact) mass is 396 g/mol. The average molecular weight is 397 g/mol. The summed E-state index contributed by atoms with van der Waals surface area (Å²) in [4.78, 5) is 18.7. The average Bonchev–Trinajstić information content (AvgIpc) is 3.02. The molecule has 0 radical (unpaired) electrons. The van der Waals surface area contributed by atoms with Gasteiger partial charge in [-0.15, -0.1) is 0 Å². The molecule has 6 heteroatoms. The van der Waals surface area contributed by atoms with E-state index in [-0.39, 0.29) is 11.3 Å². The lowest BCUT2D eigenvalue weighted by Crippen LogP contribution is -2.52. The van der Waals surface area contributed by atoms with E-state index < -0.39 is 0 Å². The van der Waals surface area contributed by atoms with E-state index in [1.165, 1.54) is 16.7 Å². The summed E-state index contributed by atoms with van der Waals surface area (Å²) in [6.07, 6.45) is 2.17. The number of likely N-dealkylation sites (tertiary alicyclic amines) is 1. The minimum Gasteiger partial charge on any atom is -0.361 e. The first-order valence-corrected chi connectivity index (χ1v) is 10.5. The maximum Gasteiger partial charge on any atom is 0.236 e. The predicted molar refractivity (Wildman–Crippen MR) is 113 cm³/mol. The van der Waals surface area contributed by atoms with Crippen LogP contribution in [0.3, 0.4) is 0 Å². The summed E-state index contributed by atoms with van der Waals surface area (Å²) in [5.74, 6) is 1.11. The molecule has 2 aliphatic heterocycles. The number of likely N-dealkylation sites (N-methyl/N-ethyl adjacent to an activating group) is 1. The molecule has 2 aliphatic rings. The van der Waals surface area contributed by atoms with Crippen LogP contribution in [0.15, 0.2) is 28.8 Å². The normalized spacial score (nSPS) is 19.3. The number of hydrogen-bond acceptors (Lipinski definition) is 5. The number of hydrogen-bond donors (Lipinski definition) is 0. The molecule has 6 nitrogen and oxygen atoms in total. The molecule has 0 aliphatic carbocycles. The third-order valence-electron chi connectivity index (χ3n) is 6.74. The number of aromatic nitrogens is 1. The SMILES string of the molecule is Cc1noc(C)c1CN1Cc2ccccc2C2(CCN(CC(=O)N(C)C)CC2)C1. The lowest BCUT2D eigenvalue weighted by molar-refractivity contribution is -0.130. The molecule has 0 atom stereocenters. The van der Waals surface area contributed by atoms with Crippen molar-refractivity contribution in [3.63, 3.8) is 0 Å². The number of rotatable bonds is 4. The topological polar surface area (TPSA) is 52.8 Å². The van der Waals surface area contributed by atoms with E-state index in [0.29, 0.717) is 6.54 Å². The van der Waals surface area contributed by atoms with Gasteiger partial charge in [-0.05, 0) is 50.9 Å². The molecule has 3 heterocycles. The Hall–Kier alpha value is -2.18. The Morgan fingerprint density at radius 1 is 1.17 bits per heavy atom. The van der Waals surface area contributed by atoms with Crippen LogP contribution in [0, 0.1) is 13.8 Å². The van der Waals surface area contributed by atoms with Crippen molar-refractivity contribution in [2.24, 2.45) is 0 Å². The summed E-state index contributed by atoms with van der Waals surface area (Å²) in [5, 5.41) is 4.14. The maximum atomic E-state index is 12.1. The molecular weight excluding hydrogens is 364 g/mol. The molecule has 1 fully saturated rings. The van der Waals surface area contributed by atoms with Crippen LogP contribution in [-0.4, -0.2) is 66.0 Å². The fraction of sp³-hybridized carbons (Fsp3) is 0.565. The molecule has 156 valence electrons. The number of nitrogens with zero attached hydrogens (tertiary/aromatic N) is 4. The van der Waals surface area contributed by atoms with Gasteiger partial charge in [-0.2, -0.15) is 0 Å². The van der Waals surface area contributed by atoms with Gasteiger partial charge in [0, 0.05) is 44.7 Å². The second-order valence-corrected chi connectivity index (χ2v) is 8.95. The highest BCUT2D eigenvalue weighted by atomic mass is 16.5. The third kappa shape index (κ3) is 3.96. The fourth-order valence-corrected chi connectivity index (χ4v) is 4.95. The first-order chi connectivity index (χ1) is 13.9. The van der Waals surface area contributed by atoms with Gasteiger partial charge in [-0.3, -0.25) is 14.6 Å². The Bertz CT molecular complexity index is 861. The first-order valence-electron chi connectivity index (χ1n) is 10.5. The smallest absolute Gasteiger partial charge is 0.236 e. The lowest BCUT2D eigenvalue weighted by atomic mass is 9.68. The Balaban J connectivity index is 1.54.